The Bertz CT molecular complexity index is 761. The Balaban J connectivity index is 0. The summed E-state index contributed by atoms with van der Waals surface area (Å²) in [5.41, 5.74) is 0. The second kappa shape index (κ2) is 28.9. The van der Waals surface area contributed by atoms with E-state index in [0.717, 1.165) is 12.8 Å². The minimum absolute atomic E-state index is 0.00904. The highest BCUT2D eigenvalue weighted by atomic mass is 35.5. The molecule has 0 bridgehead atoms. The van der Waals surface area contributed by atoms with Crippen LogP contribution >= 0.6 is 58.0 Å². The van der Waals surface area contributed by atoms with Crippen molar-refractivity contribution in [2.45, 2.75) is 134 Å². The number of aromatic hydroxyl groups is 1. The fourth-order valence-corrected chi connectivity index (χ4v) is 5.04. The molecule has 0 spiro atoms. The predicted molar refractivity (Wildman–Crippen MR) is 179 cm³/mol. The fourth-order valence-electron chi connectivity index (χ4n) is 3.91. The van der Waals surface area contributed by atoms with Gasteiger partial charge in [0.1, 0.15) is 34.5 Å². The number of phenols is 1. The first-order valence-corrected chi connectivity index (χ1v) is 17.0. The van der Waals surface area contributed by atoms with Gasteiger partial charge in [0.05, 0.1) is 28.3 Å². The topological polar surface area (TPSA) is 179 Å². The molecule has 0 aliphatic rings. The van der Waals surface area contributed by atoms with Crippen molar-refractivity contribution in [3.05, 3.63) is 25.1 Å². The second-order valence-corrected chi connectivity index (χ2v) is 12.4. The van der Waals surface area contributed by atoms with E-state index in [1.165, 1.54) is 83.5 Å². The number of unbranched alkanes of at least 4 members (excludes halogenated alkanes) is 14. The van der Waals surface area contributed by atoms with Crippen molar-refractivity contribution in [2.75, 3.05) is 13.2 Å². The van der Waals surface area contributed by atoms with Gasteiger partial charge in [-0.25, -0.2) is 0 Å². The number of carbonyl (C=O) groups is 1. The minimum atomic E-state index is -1.67. The molecule has 1 aromatic carbocycles. The maximum atomic E-state index is 10.3. The van der Waals surface area contributed by atoms with Crippen molar-refractivity contribution in [2.24, 2.45) is 0 Å². The summed E-state index contributed by atoms with van der Waals surface area (Å²) in [5.74, 6) is -1.02. The van der Waals surface area contributed by atoms with Crippen LogP contribution in [0.3, 0.4) is 0 Å². The van der Waals surface area contributed by atoms with Crippen LogP contribution in [0.4, 0.5) is 0 Å². The Morgan fingerprint density at radius 1 is 0.545 bits per heavy atom. The van der Waals surface area contributed by atoms with Gasteiger partial charge in [0, 0.05) is 6.42 Å². The maximum absolute atomic E-state index is 10.3. The van der Waals surface area contributed by atoms with Crippen molar-refractivity contribution >= 4 is 64.0 Å². The van der Waals surface area contributed by atoms with Crippen LogP contribution in [0, 0.1) is 0 Å². The van der Waals surface area contributed by atoms with Crippen molar-refractivity contribution in [3.63, 3.8) is 0 Å². The highest BCUT2D eigenvalue weighted by Crippen LogP contribution is 2.47. The van der Waals surface area contributed by atoms with E-state index in [9.17, 15) is 9.90 Å². The third-order valence-electron chi connectivity index (χ3n) is 6.69. The Morgan fingerprint density at radius 3 is 1.09 bits per heavy atom. The van der Waals surface area contributed by atoms with Crippen LogP contribution in [0.5, 0.6) is 5.75 Å². The van der Waals surface area contributed by atoms with Gasteiger partial charge in [-0.15, -0.1) is 0 Å². The van der Waals surface area contributed by atoms with Gasteiger partial charge < -0.3 is 40.9 Å². The van der Waals surface area contributed by atoms with Crippen LogP contribution in [-0.2, 0) is 4.79 Å². The van der Waals surface area contributed by atoms with E-state index in [2.05, 4.69) is 6.92 Å². The molecule has 1 aromatic rings. The lowest BCUT2D eigenvalue weighted by atomic mass is 10.0. The zero-order valence-electron chi connectivity index (χ0n) is 25.4. The summed E-state index contributed by atoms with van der Waals surface area (Å²) < 4.78 is 0. The molecular weight excluding hydrogens is 682 g/mol. The van der Waals surface area contributed by atoms with E-state index in [1.807, 2.05) is 0 Å². The smallest absolute Gasteiger partial charge is 0.303 e. The molecule has 9 nitrogen and oxygen atoms in total. The molecule has 8 N–H and O–H groups in total. The molecule has 14 heteroatoms. The molecule has 1 rings (SSSR count). The maximum Gasteiger partial charge on any atom is 0.303 e. The normalized spacial score (nSPS) is 13.6. The van der Waals surface area contributed by atoms with Gasteiger partial charge in [0.25, 0.3) is 0 Å². The zero-order chi connectivity index (χ0) is 34.1. The summed E-state index contributed by atoms with van der Waals surface area (Å²) in [5, 5.41) is 69.7. The zero-order valence-corrected chi connectivity index (χ0v) is 29.2. The quantitative estimate of drug-likeness (QED) is 0.0363. The highest BCUT2D eigenvalue weighted by Gasteiger charge is 2.29. The van der Waals surface area contributed by atoms with E-state index in [4.69, 9.17) is 93.8 Å². The molecule has 0 saturated heterocycles. The molecule has 0 heterocycles. The van der Waals surface area contributed by atoms with Crippen molar-refractivity contribution in [1.82, 2.24) is 0 Å². The second-order valence-electron chi connectivity index (χ2n) is 10.5. The summed E-state index contributed by atoms with van der Waals surface area (Å²) in [6.45, 7) is 0.818. The number of rotatable bonds is 21. The first-order chi connectivity index (χ1) is 20.8. The van der Waals surface area contributed by atoms with Gasteiger partial charge in [-0.1, -0.05) is 155 Å². The summed E-state index contributed by atoms with van der Waals surface area (Å²) in [7, 11) is 0. The number of carboxylic acid groups (broad SMARTS) is 1. The third kappa shape index (κ3) is 21.5. The molecule has 4 atom stereocenters. The highest BCUT2D eigenvalue weighted by molar-refractivity contribution is 6.55. The van der Waals surface area contributed by atoms with Crippen LogP contribution in [-0.4, -0.2) is 84.5 Å². The van der Waals surface area contributed by atoms with Crippen LogP contribution in [0.15, 0.2) is 0 Å². The SMILES string of the molecule is CCCCCCCCCCCCCCCCCC(=O)O.OC[C@@H](O)[C@@H](O)[C@H](O)[C@H](O)CO.Oc1c(Cl)c(Cl)c(Cl)c(Cl)c1Cl. The van der Waals surface area contributed by atoms with Gasteiger partial charge in [0.15, 0.2) is 5.75 Å². The average Bonchev–Trinajstić information content (AvgIpc) is 3.02. The van der Waals surface area contributed by atoms with Crippen LogP contribution in [0.2, 0.25) is 25.1 Å². The molecule has 0 radical (unpaired) electrons. The number of aliphatic carboxylic acids is 1. The van der Waals surface area contributed by atoms with Crippen LogP contribution in [0.25, 0.3) is 0 Å². The summed E-state index contributed by atoms with van der Waals surface area (Å²) >= 11 is 27.9. The van der Waals surface area contributed by atoms with Gasteiger partial charge in [-0.05, 0) is 6.42 Å². The number of hydrogen-bond acceptors (Lipinski definition) is 8. The van der Waals surface area contributed by atoms with Gasteiger partial charge in [-0.2, -0.15) is 0 Å². The largest absolute Gasteiger partial charge is 0.505 e. The molecule has 0 aliphatic heterocycles. The van der Waals surface area contributed by atoms with Crippen molar-refractivity contribution in [1.29, 1.82) is 0 Å². The first kappa shape index (κ1) is 45.8. The van der Waals surface area contributed by atoms with Gasteiger partial charge >= 0.3 is 5.97 Å². The Hall–Kier alpha value is -0.300. The molecule has 260 valence electrons. The molecule has 0 unspecified atom stereocenters. The molecule has 0 amide bonds. The minimum Gasteiger partial charge on any atom is -0.505 e. The number of hydrogen-bond donors (Lipinski definition) is 8. The van der Waals surface area contributed by atoms with Crippen LogP contribution in [0.1, 0.15) is 110 Å². The van der Waals surface area contributed by atoms with Gasteiger partial charge in [0.2, 0.25) is 0 Å². The molecule has 0 aromatic heterocycles. The molecule has 0 fully saturated rings. The number of phenolic OH excluding ortho intramolecular Hbond substituents is 1. The Kier molecular flexibility index (Phi) is 30.1. The third-order valence-corrected chi connectivity index (χ3v) is 8.95. The summed E-state index contributed by atoms with van der Waals surface area (Å²) in [6, 6.07) is 0. The van der Waals surface area contributed by atoms with E-state index in [0.29, 0.717) is 6.42 Å². The van der Waals surface area contributed by atoms with Gasteiger partial charge in [-0.3, -0.25) is 4.79 Å². The number of halogens is 5. The summed E-state index contributed by atoms with van der Waals surface area (Å²) in [6.07, 6.45) is 13.8. The monoisotopic (exact) mass is 730 g/mol. The van der Waals surface area contributed by atoms with Crippen LogP contribution < -0.4 is 0 Å². The Morgan fingerprint density at radius 2 is 0.818 bits per heavy atom. The molecule has 44 heavy (non-hydrogen) atoms. The van der Waals surface area contributed by atoms with Crippen molar-refractivity contribution in [3.8, 4) is 5.75 Å². The first-order valence-electron chi connectivity index (χ1n) is 15.1. The standard InChI is InChI=1S/C18H36O2.C6HCl5O.C6H14O6/c1-2-3-4-5-6-7-8-9-10-11-12-13-14-15-16-17-18(19)20;7-1-2(8)4(10)6(12)5(11)3(1)9;7-1-3(9)5(11)6(12)4(10)2-8/h2-17H2,1H3,(H,19,20);12H;3-12H,1-2H2/t;;3-,4-,5-,6-/m..1/s1. The van der Waals surface area contributed by atoms with E-state index in [1.54, 1.807) is 0 Å². The number of carboxylic acids is 1. The van der Waals surface area contributed by atoms with Crippen molar-refractivity contribution < 1.29 is 45.6 Å². The Labute approximate surface area is 286 Å². The lowest BCUT2D eigenvalue weighted by Gasteiger charge is -2.24. The number of aliphatic hydroxyl groups excluding tert-OH is 6. The van der Waals surface area contributed by atoms with E-state index >= 15 is 0 Å². The lowest BCUT2D eigenvalue weighted by molar-refractivity contribution is -0.137. The molecule has 0 aliphatic carbocycles. The predicted octanol–water partition coefficient (Wildman–Crippen LogP) is 7.41. The lowest BCUT2D eigenvalue weighted by Crippen LogP contribution is -2.46. The summed E-state index contributed by atoms with van der Waals surface area (Å²) in [4.78, 5) is 10.3. The fraction of sp³-hybridized carbons (Fsp3) is 0.767. The van der Waals surface area contributed by atoms with E-state index < -0.39 is 43.6 Å². The molecular formula is C30H51Cl5O9. The average molecular weight is 733 g/mol. The molecule has 0 saturated carbocycles. The number of aliphatic hydroxyl groups is 6. The van der Waals surface area contributed by atoms with E-state index in [-0.39, 0.29) is 30.9 Å². The number of benzene rings is 1.